The molecule has 4 nitrogen and oxygen atoms in total. The van der Waals surface area contributed by atoms with Crippen LogP contribution in [0.15, 0.2) is 48.5 Å². The van der Waals surface area contributed by atoms with Crippen LogP contribution in [0.1, 0.15) is 18.9 Å². The number of rotatable bonds is 4. The molecule has 118 valence electrons. The van der Waals surface area contributed by atoms with Gasteiger partial charge in [-0.05, 0) is 30.2 Å². The molecule has 1 heterocycles. The molecule has 2 aromatic carbocycles. The Labute approximate surface area is 133 Å². The third kappa shape index (κ3) is 2.82. The zero-order valence-electron chi connectivity index (χ0n) is 12.8. The van der Waals surface area contributed by atoms with Gasteiger partial charge in [0, 0.05) is 0 Å². The highest BCUT2D eigenvalue weighted by atomic mass is 19.1. The molecule has 2 amide bonds. The maximum atomic E-state index is 13.7. The van der Waals surface area contributed by atoms with Gasteiger partial charge in [-0.1, -0.05) is 37.3 Å². The van der Waals surface area contributed by atoms with Crippen LogP contribution < -0.4 is 10.2 Å². The van der Waals surface area contributed by atoms with Crippen molar-refractivity contribution in [3.05, 3.63) is 59.9 Å². The van der Waals surface area contributed by atoms with Crippen LogP contribution in [0.5, 0.6) is 0 Å². The molecule has 0 saturated carbocycles. The second-order valence-corrected chi connectivity index (χ2v) is 5.43. The average molecular weight is 312 g/mol. The maximum Gasteiger partial charge on any atom is 0.256 e. The van der Waals surface area contributed by atoms with Gasteiger partial charge in [-0.2, -0.15) is 0 Å². The number of para-hydroxylation sites is 2. The molecule has 0 aliphatic carbocycles. The van der Waals surface area contributed by atoms with Crippen molar-refractivity contribution in [3.8, 4) is 0 Å². The number of imide groups is 1. The molecule has 1 fully saturated rings. The van der Waals surface area contributed by atoms with Crippen molar-refractivity contribution in [1.82, 2.24) is 0 Å². The average Bonchev–Trinajstić information content (AvgIpc) is 2.83. The summed E-state index contributed by atoms with van der Waals surface area (Å²) in [6.45, 7) is 1.97. The summed E-state index contributed by atoms with van der Waals surface area (Å²) in [4.78, 5) is 26.1. The van der Waals surface area contributed by atoms with Crippen LogP contribution >= 0.6 is 0 Å². The minimum Gasteiger partial charge on any atom is -0.371 e. The molecule has 0 bridgehead atoms. The quantitative estimate of drug-likeness (QED) is 0.882. The summed E-state index contributed by atoms with van der Waals surface area (Å²) in [6.07, 6.45) is 0.740. The third-order valence-corrected chi connectivity index (χ3v) is 3.96. The maximum absolute atomic E-state index is 13.7. The molecule has 0 unspecified atom stereocenters. The molecule has 1 saturated heterocycles. The Morgan fingerprint density at radius 3 is 2.57 bits per heavy atom. The molecule has 1 N–H and O–H groups in total. The number of hydrogen-bond acceptors (Lipinski definition) is 3. The highest BCUT2D eigenvalue weighted by Crippen LogP contribution is 2.28. The Morgan fingerprint density at radius 1 is 1.13 bits per heavy atom. The first-order valence-corrected chi connectivity index (χ1v) is 7.57. The van der Waals surface area contributed by atoms with Crippen molar-refractivity contribution < 1.29 is 14.0 Å². The standard InChI is InChI=1S/C18H17FN2O2/c1-2-12-7-3-6-10-16(12)21-17(22)11-15(18(21)23)20-14-9-5-4-8-13(14)19/h3-10,15,20H,2,11H2,1H3/t15-/m1/s1. The van der Waals surface area contributed by atoms with Gasteiger partial charge in [0.25, 0.3) is 5.91 Å². The van der Waals surface area contributed by atoms with Gasteiger partial charge in [0.1, 0.15) is 11.9 Å². The van der Waals surface area contributed by atoms with E-state index >= 15 is 0 Å². The van der Waals surface area contributed by atoms with Crippen LogP contribution in [0.25, 0.3) is 0 Å². The number of hydrogen-bond donors (Lipinski definition) is 1. The third-order valence-electron chi connectivity index (χ3n) is 3.96. The van der Waals surface area contributed by atoms with Crippen molar-refractivity contribution in [1.29, 1.82) is 0 Å². The Hall–Kier alpha value is -2.69. The SMILES string of the molecule is CCc1ccccc1N1C(=O)C[C@@H](Nc2ccccc2F)C1=O. The van der Waals surface area contributed by atoms with Gasteiger partial charge >= 0.3 is 0 Å². The summed E-state index contributed by atoms with van der Waals surface area (Å²) in [5, 5.41) is 2.84. The molecule has 3 rings (SSSR count). The molecule has 0 radical (unpaired) electrons. The lowest BCUT2D eigenvalue weighted by atomic mass is 10.1. The first-order chi connectivity index (χ1) is 11.1. The van der Waals surface area contributed by atoms with Gasteiger partial charge in [0.2, 0.25) is 5.91 Å². The van der Waals surface area contributed by atoms with Crippen LogP contribution in [-0.4, -0.2) is 17.9 Å². The smallest absolute Gasteiger partial charge is 0.256 e. The van der Waals surface area contributed by atoms with E-state index in [0.717, 1.165) is 12.0 Å². The van der Waals surface area contributed by atoms with Crippen molar-refractivity contribution in [2.75, 3.05) is 10.2 Å². The summed E-state index contributed by atoms with van der Waals surface area (Å²) in [5.74, 6) is -1.07. The number of carbonyl (C=O) groups is 2. The summed E-state index contributed by atoms with van der Waals surface area (Å²) >= 11 is 0. The first kappa shape index (κ1) is 15.2. The number of amides is 2. The normalized spacial score (nSPS) is 17.7. The molecule has 1 atom stereocenters. The zero-order valence-corrected chi connectivity index (χ0v) is 12.8. The Bertz CT molecular complexity index is 760. The van der Waals surface area contributed by atoms with Gasteiger partial charge in [-0.3, -0.25) is 9.59 Å². The van der Waals surface area contributed by atoms with E-state index in [4.69, 9.17) is 0 Å². The lowest BCUT2D eigenvalue weighted by molar-refractivity contribution is -0.121. The van der Waals surface area contributed by atoms with Crippen molar-refractivity contribution >= 4 is 23.2 Å². The Morgan fingerprint density at radius 2 is 1.83 bits per heavy atom. The fraction of sp³-hybridized carbons (Fsp3) is 0.222. The van der Waals surface area contributed by atoms with E-state index in [0.29, 0.717) is 5.69 Å². The Balaban J connectivity index is 1.87. The second kappa shape index (κ2) is 6.20. The number of carbonyl (C=O) groups excluding carboxylic acids is 2. The molecular weight excluding hydrogens is 295 g/mol. The molecule has 1 aliphatic heterocycles. The van der Waals surface area contributed by atoms with Crippen LogP contribution in [0, 0.1) is 5.82 Å². The molecule has 23 heavy (non-hydrogen) atoms. The van der Waals surface area contributed by atoms with Crippen LogP contribution in [0.3, 0.4) is 0 Å². The predicted molar refractivity (Wildman–Crippen MR) is 86.7 cm³/mol. The molecule has 2 aromatic rings. The van der Waals surface area contributed by atoms with Gasteiger partial charge in [-0.25, -0.2) is 9.29 Å². The number of anilines is 2. The summed E-state index contributed by atoms with van der Waals surface area (Å²) < 4.78 is 13.7. The zero-order chi connectivity index (χ0) is 16.4. The number of nitrogens with zero attached hydrogens (tertiary/aromatic N) is 1. The molecule has 1 aliphatic rings. The van der Waals surface area contributed by atoms with E-state index in [2.05, 4.69) is 5.32 Å². The van der Waals surface area contributed by atoms with Crippen LogP contribution in [-0.2, 0) is 16.0 Å². The van der Waals surface area contributed by atoms with E-state index in [1.54, 1.807) is 30.3 Å². The Kier molecular flexibility index (Phi) is 4.10. The van der Waals surface area contributed by atoms with Crippen LogP contribution in [0.2, 0.25) is 0 Å². The molecule has 0 aromatic heterocycles. The molecular formula is C18H17FN2O2. The first-order valence-electron chi connectivity index (χ1n) is 7.57. The summed E-state index contributed by atoms with van der Waals surface area (Å²) in [7, 11) is 0. The number of nitrogens with one attached hydrogen (secondary N) is 1. The lowest BCUT2D eigenvalue weighted by Crippen LogP contribution is -2.35. The van der Waals surface area contributed by atoms with E-state index in [9.17, 15) is 14.0 Å². The van der Waals surface area contributed by atoms with E-state index in [1.807, 2.05) is 19.1 Å². The highest BCUT2D eigenvalue weighted by Gasteiger charge is 2.40. The van der Waals surface area contributed by atoms with Gasteiger partial charge in [-0.15, -0.1) is 0 Å². The number of benzene rings is 2. The predicted octanol–water partition coefficient (Wildman–Crippen LogP) is 3.13. The van der Waals surface area contributed by atoms with Crippen molar-refractivity contribution in [2.45, 2.75) is 25.8 Å². The van der Waals surface area contributed by atoms with Crippen molar-refractivity contribution in [2.24, 2.45) is 0 Å². The van der Waals surface area contributed by atoms with Crippen molar-refractivity contribution in [3.63, 3.8) is 0 Å². The van der Waals surface area contributed by atoms with E-state index in [-0.39, 0.29) is 23.9 Å². The fourth-order valence-electron chi connectivity index (χ4n) is 2.79. The van der Waals surface area contributed by atoms with Gasteiger partial charge in [0.05, 0.1) is 17.8 Å². The minimum absolute atomic E-state index is 0.0191. The highest BCUT2D eigenvalue weighted by molar-refractivity contribution is 6.23. The topological polar surface area (TPSA) is 49.4 Å². The summed E-state index contributed by atoms with van der Waals surface area (Å²) in [6, 6.07) is 12.7. The largest absolute Gasteiger partial charge is 0.371 e. The van der Waals surface area contributed by atoms with Gasteiger partial charge in [0.15, 0.2) is 0 Å². The van der Waals surface area contributed by atoms with Gasteiger partial charge < -0.3 is 5.32 Å². The van der Waals surface area contributed by atoms with E-state index < -0.39 is 11.9 Å². The number of halogens is 1. The monoisotopic (exact) mass is 312 g/mol. The lowest BCUT2D eigenvalue weighted by Gasteiger charge is -2.19. The fourth-order valence-corrected chi connectivity index (χ4v) is 2.79. The minimum atomic E-state index is -0.746. The number of aryl methyl sites for hydroxylation is 1. The molecule has 0 spiro atoms. The van der Waals surface area contributed by atoms with E-state index in [1.165, 1.54) is 11.0 Å². The molecule has 5 heteroatoms. The summed E-state index contributed by atoms with van der Waals surface area (Å²) in [5.41, 5.74) is 1.77. The second-order valence-electron chi connectivity index (χ2n) is 5.43. The van der Waals surface area contributed by atoms with Crippen LogP contribution in [0.4, 0.5) is 15.8 Å².